The van der Waals surface area contributed by atoms with E-state index in [1.165, 1.54) is 5.56 Å². The highest BCUT2D eigenvalue weighted by Gasteiger charge is 2.00. The van der Waals surface area contributed by atoms with Gasteiger partial charge in [-0.05, 0) is 17.5 Å². The van der Waals surface area contributed by atoms with Gasteiger partial charge in [0.15, 0.2) is 0 Å². The molecule has 0 aliphatic heterocycles. The molecule has 0 aliphatic rings. The molecule has 0 saturated heterocycles. The average molecular weight is 187 g/mol. The highest BCUT2D eigenvalue weighted by atomic mass is 15.2. The molecule has 14 heavy (non-hydrogen) atoms. The van der Waals surface area contributed by atoms with Crippen LogP contribution in [0.5, 0.6) is 0 Å². The van der Waals surface area contributed by atoms with Gasteiger partial charge in [-0.1, -0.05) is 31.2 Å². The second-order valence-corrected chi connectivity index (χ2v) is 3.26. The van der Waals surface area contributed by atoms with E-state index < -0.39 is 0 Å². The van der Waals surface area contributed by atoms with E-state index in [-0.39, 0.29) is 0 Å². The predicted molar refractivity (Wildman–Crippen MR) is 57.8 cm³/mol. The minimum absolute atomic E-state index is 0.527. The summed E-state index contributed by atoms with van der Waals surface area (Å²) < 4.78 is 0. The normalized spacial score (nSPS) is 10.4. The largest absolute Gasteiger partial charge is 0.382 e. The fourth-order valence-corrected chi connectivity index (χ4v) is 1.41. The predicted octanol–water partition coefficient (Wildman–Crippen LogP) is 2.22. The molecule has 0 radical (unpaired) electrons. The summed E-state index contributed by atoms with van der Waals surface area (Å²) >= 11 is 0. The Balaban J connectivity index is 2.33. The molecular weight excluding hydrogens is 174 g/mol. The van der Waals surface area contributed by atoms with E-state index in [1.807, 2.05) is 6.07 Å². The molecule has 0 unspecified atom stereocenters. The van der Waals surface area contributed by atoms with Gasteiger partial charge in [0.2, 0.25) is 0 Å². The van der Waals surface area contributed by atoms with Crippen LogP contribution in [0.3, 0.4) is 0 Å². The van der Waals surface area contributed by atoms with E-state index in [2.05, 4.69) is 41.4 Å². The van der Waals surface area contributed by atoms with Crippen molar-refractivity contribution in [3.05, 3.63) is 35.9 Å². The maximum Gasteiger partial charge on any atom is 0.145 e. The number of H-pyrrole nitrogens is 1. The summed E-state index contributed by atoms with van der Waals surface area (Å²) in [5.74, 6) is 0.527. The molecule has 3 heteroatoms. The molecular formula is C11H13N3. The van der Waals surface area contributed by atoms with Crippen molar-refractivity contribution in [3.8, 4) is 11.3 Å². The lowest BCUT2D eigenvalue weighted by Gasteiger charge is -1.98. The number of nitrogens with one attached hydrogen (secondary N) is 1. The van der Waals surface area contributed by atoms with Crippen molar-refractivity contribution in [2.75, 3.05) is 5.73 Å². The highest BCUT2D eigenvalue weighted by molar-refractivity contribution is 5.62. The Bertz CT molecular complexity index is 414. The SMILES string of the molecule is CCc1ccc(-c2cc(N)n[nH]2)cc1. The number of nitrogens with zero attached hydrogens (tertiary/aromatic N) is 1. The minimum atomic E-state index is 0.527. The summed E-state index contributed by atoms with van der Waals surface area (Å²) in [5.41, 5.74) is 8.94. The summed E-state index contributed by atoms with van der Waals surface area (Å²) in [7, 11) is 0. The lowest BCUT2D eigenvalue weighted by Crippen LogP contribution is -1.81. The van der Waals surface area contributed by atoms with E-state index in [9.17, 15) is 0 Å². The lowest BCUT2D eigenvalue weighted by molar-refractivity contribution is 1.10. The van der Waals surface area contributed by atoms with E-state index >= 15 is 0 Å². The number of aromatic nitrogens is 2. The summed E-state index contributed by atoms with van der Waals surface area (Å²) in [5, 5.41) is 6.77. The molecule has 0 aliphatic carbocycles. The molecule has 0 spiro atoms. The van der Waals surface area contributed by atoms with Gasteiger partial charge in [0, 0.05) is 6.07 Å². The number of hydrogen-bond acceptors (Lipinski definition) is 2. The summed E-state index contributed by atoms with van der Waals surface area (Å²) in [6, 6.07) is 10.2. The summed E-state index contributed by atoms with van der Waals surface area (Å²) in [4.78, 5) is 0. The number of rotatable bonds is 2. The van der Waals surface area contributed by atoms with Crippen LogP contribution < -0.4 is 5.73 Å². The van der Waals surface area contributed by atoms with E-state index in [0.717, 1.165) is 17.7 Å². The third-order valence-corrected chi connectivity index (χ3v) is 2.27. The second-order valence-electron chi connectivity index (χ2n) is 3.26. The van der Waals surface area contributed by atoms with Crippen LogP contribution in [0.1, 0.15) is 12.5 Å². The Morgan fingerprint density at radius 3 is 2.50 bits per heavy atom. The summed E-state index contributed by atoms with van der Waals surface area (Å²) in [6.07, 6.45) is 1.06. The average Bonchev–Trinajstić information content (AvgIpc) is 2.65. The monoisotopic (exact) mass is 187 g/mol. The Kier molecular flexibility index (Phi) is 2.23. The third kappa shape index (κ3) is 1.62. The standard InChI is InChI=1S/C11H13N3/c1-2-8-3-5-9(6-4-8)10-7-11(12)14-13-10/h3-7H,2H2,1H3,(H3,12,13,14). The first-order valence-corrected chi connectivity index (χ1v) is 4.70. The number of nitrogens with two attached hydrogens (primary N) is 1. The number of aryl methyl sites for hydroxylation is 1. The molecule has 0 fully saturated rings. The zero-order chi connectivity index (χ0) is 9.97. The second kappa shape index (κ2) is 3.54. The van der Waals surface area contributed by atoms with Crippen molar-refractivity contribution >= 4 is 5.82 Å². The Morgan fingerprint density at radius 2 is 2.00 bits per heavy atom. The zero-order valence-corrected chi connectivity index (χ0v) is 8.12. The fraction of sp³-hybridized carbons (Fsp3) is 0.182. The molecule has 0 amide bonds. The van der Waals surface area contributed by atoms with Crippen LogP contribution in [0.15, 0.2) is 30.3 Å². The van der Waals surface area contributed by atoms with Gasteiger partial charge in [0.25, 0.3) is 0 Å². The molecule has 3 N–H and O–H groups in total. The van der Waals surface area contributed by atoms with Gasteiger partial charge in [-0.3, -0.25) is 5.10 Å². The van der Waals surface area contributed by atoms with Gasteiger partial charge >= 0.3 is 0 Å². The van der Waals surface area contributed by atoms with Gasteiger partial charge in [-0.2, -0.15) is 5.10 Å². The number of hydrogen-bond donors (Lipinski definition) is 2. The fourth-order valence-electron chi connectivity index (χ4n) is 1.41. The maximum absolute atomic E-state index is 5.53. The third-order valence-electron chi connectivity index (χ3n) is 2.27. The molecule has 3 nitrogen and oxygen atoms in total. The van der Waals surface area contributed by atoms with Gasteiger partial charge in [0.1, 0.15) is 5.82 Å². The minimum Gasteiger partial charge on any atom is -0.382 e. The Morgan fingerprint density at radius 1 is 1.29 bits per heavy atom. The quantitative estimate of drug-likeness (QED) is 0.757. The van der Waals surface area contributed by atoms with Crippen molar-refractivity contribution in [2.24, 2.45) is 0 Å². The molecule has 2 aromatic rings. The van der Waals surface area contributed by atoms with Crippen LogP contribution in [0.25, 0.3) is 11.3 Å². The highest BCUT2D eigenvalue weighted by Crippen LogP contribution is 2.18. The van der Waals surface area contributed by atoms with Crippen molar-refractivity contribution in [1.82, 2.24) is 10.2 Å². The van der Waals surface area contributed by atoms with Crippen molar-refractivity contribution in [1.29, 1.82) is 0 Å². The smallest absolute Gasteiger partial charge is 0.145 e. The maximum atomic E-state index is 5.53. The van der Waals surface area contributed by atoms with Crippen LogP contribution >= 0.6 is 0 Å². The van der Waals surface area contributed by atoms with Gasteiger partial charge in [-0.15, -0.1) is 0 Å². The van der Waals surface area contributed by atoms with Gasteiger partial charge in [0.05, 0.1) is 5.69 Å². The van der Waals surface area contributed by atoms with E-state index in [4.69, 9.17) is 5.73 Å². The molecule has 0 saturated carbocycles. The van der Waals surface area contributed by atoms with Crippen molar-refractivity contribution < 1.29 is 0 Å². The molecule has 1 aromatic heterocycles. The topological polar surface area (TPSA) is 54.7 Å². The van der Waals surface area contributed by atoms with E-state index in [1.54, 1.807) is 0 Å². The van der Waals surface area contributed by atoms with Crippen LogP contribution in [-0.4, -0.2) is 10.2 Å². The Labute approximate surface area is 83.0 Å². The lowest BCUT2D eigenvalue weighted by atomic mass is 10.1. The molecule has 1 aromatic carbocycles. The number of anilines is 1. The number of benzene rings is 1. The van der Waals surface area contributed by atoms with Crippen molar-refractivity contribution in [3.63, 3.8) is 0 Å². The van der Waals surface area contributed by atoms with Crippen LogP contribution in [0.4, 0.5) is 5.82 Å². The first-order chi connectivity index (χ1) is 6.79. The van der Waals surface area contributed by atoms with Crippen LogP contribution in [-0.2, 0) is 6.42 Å². The number of nitrogen functional groups attached to an aromatic ring is 1. The summed E-state index contributed by atoms with van der Waals surface area (Å²) in [6.45, 7) is 2.14. The van der Waals surface area contributed by atoms with Gasteiger partial charge < -0.3 is 5.73 Å². The first kappa shape index (κ1) is 8.81. The molecule has 72 valence electrons. The first-order valence-electron chi connectivity index (χ1n) is 4.70. The Hall–Kier alpha value is -1.77. The molecule has 1 heterocycles. The van der Waals surface area contributed by atoms with Gasteiger partial charge in [-0.25, -0.2) is 0 Å². The molecule has 0 bridgehead atoms. The van der Waals surface area contributed by atoms with Crippen molar-refractivity contribution in [2.45, 2.75) is 13.3 Å². The molecule has 2 rings (SSSR count). The zero-order valence-electron chi connectivity index (χ0n) is 8.12. The van der Waals surface area contributed by atoms with Crippen LogP contribution in [0, 0.1) is 0 Å². The van der Waals surface area contributed by atoms with E-state index in [0.29, 0.717) is 5.82 Å². The van der Waals surface area contributed by atoms with Crippen LogP contribution in [0.2, 0.25) is 0 Å². The number of aromatic amines is 1. The molecule has 0 atom stereocenters.